The number of nitro benzene ring substituents is 1. The highest BCUT2D eigenvalue weighted by Gasteiger charge is 2.27. The molecule has 9 nitrogen and oxygen atoms in total. The molecule has 2 fully saturated rings. The number of hydrogen-bond donors (Lipinski definition) is 0. The third kappa shape index (κ3) is 4.50. The van der Waals surface area contributed by atoms with Gasteiger partial charge in [-0.15, -0.1) is 10.2 Å². The van der Waals surface area contributed by atoms with Crippen LogP contribution in [0.2, 0.25) is 0 Å². The zero-order chi connectivity index (χ0) is 20.9. The highest BCUT2D eigenvalue weighted by atomic mass is 16.6. The lowest BCUT2D eigenvalue weighted by Gasteiger charge is -2.35. The maximum absolute atomic E-state index is 12.8. The van der Waals surface area contributed by atoms with Gasteiger partial charge in [0, 0.05) is 38.3 Å². The molecule has 1 aliphatic heterocycles. The molecule has 2 aliphatic rings. The molecule has 30 heavy (non-hydrogen) atoms. The minimum atomic E-state index is -0.518. The van der Waals surface area contributed by atoms with Gasteiger partial charge in [-0.1, -0.05) is 18.6 Å². The molecule has 2 heterocycles. The van der Waals surface area contributed by atoms with Crippen molar-refractivity contribution in [3.05, 3.63) is 52.1 Å². The standard InChI is InChI=1S/C21H25N5O4/c27-21(17-8-4-5-9-18(17)26(28)29)25-14-12-24(13-15-25)19-10-11-20(23-22-19)30-16-6-2-1-3-7-16/h4-5,8-11,16H,1-3,6-7,12-15H2. The average Bonchev–Trinajstić information content (AvgIpc) is 2.80. The molecule has 1 saturated heterocycles. The van der Waals surface area contributed by atoms with Crippen LogP contribution in [-0.4, -0.2) is 58.2 Å². The third-order valence-electron chi connectivity index (χ3n) is 5.69. The largest absolute Gasteiger partial charge is 0.473 e. The van der Waals surface area contributed by atoms with E-state index in [1.54, 1.807) is 17.0 Å². The Balaban J connectivity index is 1.34. The second-order valence-electron chi connectivity index (χ2n) is 7.66. The summed E-state index contributed by atoms with van der Waals surface area (Å²) in [5.41, 5.74) is -0.0377. The second kappa shape index (κ2) is 9.06. The first kappa shape index (κ1) is 20.1. The molecule has 0 unspecified atom stereocenters. The van der Waals surface area contributed by atoms with Gasteiger partial charge in [-0.05, 0) is 37.8 Å². The summed E-state index contributed by atoms with van der Waals surface area (Å²) in [5.74, 6) is 0.976. The molecule has 0 bridgehead atoms. The quantitative estimate of drug-likeness (QED) is 0.550. The van der Waals surface area contributed by atoms with Gasteiger partial charge in [0.1, 0.15) is 11.7 Å². The van der Waals surface area contributed by atoms with Crippen LogP contribution >= 0.6 is 0 Å². The Morgan fingerprint density at radius 2 is 1.73 bits per heavy atom. The van der Waals surface area contributed by atoms with Crippen LogP contribution in [0, 0.1) is 10.1 Å². The Kier molecular flexibility index (Phi) is 6.06. The molecule has 2 aromatic rings. The molecule has 0 N–H and O–H groups in total. The second-order valence-corrected chi connectivity index (χ2v) is 7.66. The zero-order valence-corrected chi connectivity index (χ0v) is 16.8. The van der Waals surface area contributed by atoms with E-state index in [-0.39, 0.29) is 23.3 Å². The topological polar surface area (TPSA) is 102 Å². The van der Waals surface area contributed by atoms with E-state index < -0.39 is 4.92 Å². The first-order valence-corrected chi connectivity index (χ1v) is 10.4. The fourth-order valence-corrected chi connectivity index (χ4v) is 4.02. The van der Waals surface area contributed by atoms with Gasteiger partial charge < -0.3 is 14.5 Å². The van der Waals surface area contributed by atoms with E-state index in [2.05, 4.69) is 15.1 Å². The van der Waals surface area contributed by atoms with Crippen LogP contribution in [0.15, 0.2) is 36.4 Å². The highest BCUT2D eigenvalue weighted by Crippen LogP contribution is 2.24. The third-order valence-corrected chi connectivity index (χ3v) is 5.69. The fraction of sp³-hybridized carbons (Fsp3) is 0.476. The summed E-state index contributed by atoms with van der Waals surface area (Å²) in [5, 5.41) is 19.7. The number of anilines is 1. The number of piperazine rings is 1. The van der Waals surface area contributed by atoms with Crippen LogP contribution in [0.25, 0.3) is 0 Å². The number of carbonyl (C=O) groups is 1. The fourth-order valence-electron chi connectivity index (χ4n) is 4.02. The summed E-state index contributed by atoms with van der Waals surface area (Å²) in [4.78, 5) is 27.1. The smallest absolute Gasteiger partial charge is 0.282 e. The van der Waals surface area contributed by atoms with E-state index in [0.717, 1.165) is 18.7 Å². The number of para-hydroxylation sites is 1. The Labute approximate surface area is 174 Å². The molecule has 1 aromatic carbocycles. The van der Waals surface area contributed by atoms with E-state index in [1.807, 2.05) is 12.1 Å². The Hall–Kier alpha value is -3.23. The molecule has 0 radical (unpaired) electrons. The van der Waals surface area contributed by atoms with Gasteiger partial charge in [0.15, 0.2) is 5.82 Å². The van der Waals surface area contributed by atoms with Crippen LogP contribution < -0.4 is 9.64 Å². The number of amides is 1. The zero-order valence-electron chi connectivity index (χ0n) is 16.8. The van der Waals surface area contributed by atoms with Gasteiger partial charge in [-0.2, -0.15) is 0 Å². The van der Waals surface area contributed by atoms with Crippen molar-refractivity contribution in [2.45, 2.75) is 38.2 Å². The molecule has 0 atom stereocenters. The Morgan fingerprint density at radius 1 is 1.00 bits per heavy atom. The van der Waals surface area contributed by atoms with Crippen molar-refractivity contribution in [1.82, 2.24) is 15.1 Å². The number of rotatable bonds is 5. The number of ether oxygens (including phenoxy) is 1. The van der Waals surface area contributed by atoms with Crippen molar-refractivity contribution in [2.24, 2.45) is 0 Å². The van der Waals surface area contributed by atoms with Crippen molar-refractivity contribution in [2.75, 3.05) is 31.1 Å². The van der Waals surface area contributed by atoms with Gasteiger partial charge >= 0.3 is 0 Å². The van der Waals surface area contributed by atoms with Gasteiger partial charge in [0.2, 0.25) is 5.88 Å². The van der Waals surface area contributed by atoms with Gasteiger partial charge in [0.25, 0.3) is 11.6 Å². The molecule has 1 saturated carbocycles. The first-order valence-electron chi connectivity index (χ1n) is 10.4. The Bertz CT molecular complexity index is 891. The van der Waals surface area contributed by atoms with Crippen LogP contribution in [-0.2, 0) is 0 Å². The van der Waals surface area contributed by atoms with E-state index in [1.165, 1.54) is 31.4 Å². The minimum absolute atomic E-state index is 0.125. The van der Waals surface area contributed by atoms with Crippen LogP contribution in [0.5, 0.6) is 5.88 Å². The minimum Gasteiger partial charge on any atom is -0.473 e. The molecular weight excluding hydrogens is 386 g/mol. The lowest BCUT2D eigenvalue weighted by atomic mass is 9.98. The molecule has 1 amide bonds. The van der Waals surface area contributed by atoms with Gasteiger partial charge in [-0.3, -0.25) is 14.9 Å². The molecule has 1 aromatic heterocycles. The van der Waals surface area contributed by atoms with Crippen molar-refractivity contribution in [3.8, 4) is 5.88 Å². The number of carbonyl (C=O) groups excluding carboxylic acids is 1. The molecular formula is C21H25N5O4. The molecule has 1 aliphatic carbocycles. The lowest BCUT2D eigenvalue weighted by Crippen LogP contribution is -2.49. The van der Waals surface area contributed by atoms with Gasteiger partial charge in [-0.25, -0.2) is 0 Å². The van der Waals surface area contributed by atoms with Crippen LogP contribution in [0.1, 0.15) is 42.5 Å². The van der Waals surface area contributed by atoms with Crippen molar-refractivity contribution < 1.29 is 14.5 Å². The van der Waals surface area contributed by atoms with E-state index >= 15 is 0 Å². The number of aromatic nitrogens is 2. The van der Waals surface area contributed by atoms with Gasteiger partial charge in [0.05, 0.1) is 4.92 Å². The summed E-state index contributed by atoms with van der Waals surface area (Å²) in [7, 11) is 0. The number of nitrogens with zero attached hydrogens (tertiary/aromatic N) is 5. The van der Waals surface area contributed by atoms with Crippen molar-refractivity contribution >= 4 is 17.4 Å². The summed E-state index contributed by atoms with van der Waals surface area (Å²) in [6.45, 7) is 2.10. The molecule has 9 heteroatoms. The average molecular weight is 411 g/mol. The van der Waals surface area contributed by atoms with E-state index in [0.29, 0.717) is 32.1 Å². The predicted octanol–water partition coefficient (Wildman–Crippen LogP) is 3.06. The van der Waals surface area contributed by atoms with Crippen LogP contribution in [0.3, 0.4) is 0 Å². The molecule has 158 valence electrons. The maximum atomic E-state index is 12.8. The summed E-state index contributed by atoms with van der Waals surface area (Å²) < 4.78 is 5.93. The lowest BCUT2D eigenvalue weighted by molar-refractivity contribution is -0.385. The number of hydrogen-bond acceptors (Lipinski definition) is 7. The van der Waals surface area contributed by atoms with Crippen molar-refractivity contribution in [1.29, 1.82) is 0 Å². The first-order chi connectivity index (χ1) is 14.6. The van der Waals surface area contributed by atoms with Crippen molar-refractivity contribution in [3.63, 3.8) is 0 Å². The number of benzene rings is 1. The van der Waals surface area contributed by atoms with Crippen LogP contribution in [0.4, 0.5) is 11.5 Å². The van der Waals surface area contributed by atoms with E-state index in [4.69, 9.17) is 4.74 Å². The normalized spacial score (nSPS) is 17.6. The summed E-state index contributed by atoms with van der Waals surface area (Å²) >= 11 is 0. The SMILES string of the molecule is O=C(c1ccccc1[N+](=O)[O-])N1CCN(c2ccc(OC3CCCCC3)nn2)CC1. The van der Waals surface area contributed by atoms with E-state index in [9.17, 15) is 14.9 Å². The molecule has 0 spiro atoms. The predicted molar refractivity (Wildman–Crippen MR) is 111 cm³/mol. The molecule has 4 rings (SSSR count). The highest BCUT2D eigenvalue weighted by molar-refractivity contribution is 5.98. The Morgan fingerprint density at radius 3 is 2.40 bits per heavy atom. The summed E-state index contributed by atoms with van der Waals surface area (Å²) in [6.07, 6.45) is 6.04. The number of nitro groups is 1. The summed E-state index contributed by atoms with van der Waals surface area (Å²) in [6, 6.07) is 9.81. The maximum Gasteiger partial charge on any atom is 0.282 e. The monoisotopic (exact) mass is 411 g/mol.